The molecule has 2 fully saturated rings. The van der Waals surface area contributed by atoms with Gasteiger partial charge in [-0.25, -0.2) is 4.79 Å². The number of rotatable bonds is 7. The second kappa shape index (κ2) is 11.9. The Kier molecular flexibility index (Phi) is 8.41. The predicted octanol–water partition coefficient (Wildman–Crippen LogP) is 4.28. The molecule has 2 heterocycles. The van der Waals surface area contributed by atoms with Gasteiger partial charge in [-0.05, 0) is 68.6 Å². The summed E-state index contributed by atoms with van der Waals surface area (Å²) in [6.07, 6.45) is 5.27. The van der Waals surface area contributed by atoms with Gasteiger partial charge in [0, 0.05) is 25.3 Å². The van der Waals surface area contributed by atoms with E-state index in [1.807, 2.05) is 42.5 Å². The Morgan fingerprint density at radius 3 is 2.41 bits per heavy atom. The first-order valence-corrected chi connectivity index (χ1v) is 12.4. The third-order valence-corrected chi connectivity index (χ3v) is 6.91. The number of hydrogen-bond acceptors (Lipinski definition) is 4. The van der Waals surface area contributed by atoms with Gasteiger partial charge in [0.05, 0.1) is 19.1 Å². The summed E-state index contributed by atoms with van der Waals surface area (Å²) < 4.78 is 5.32. The van der Waals surface area contributed by atoms with Gasteiger partial charge in [0.15, 0.2) is 0 Å². The molecular weight excluding hydrogens is 428 g/mol. The average molecular weight is 465 g/mol. The molecule has 2 aliphatic rings. The number of anilines is 1. The van der Waals surface area contributed by atoms with E-state index < -0.39 is 0 Å². The fraction of sp³-hybridized carbons (Fsp3) is 0.481. The highest BCUT2D eigenvalue weighted by atomic mass is 16.5. The van der Waals surface area contributed by atoms with Gasteiger partial charge < -0.3 is 20.3 Å². The summed E-state index contributed by atoms with van der Waals surface area (Å²) in [5.74, 6) is 0.683. The molecule has 2 N–H and O–H groups in total. The Hall–Kier alpha value is -3.06. The van der Waals surface area contributed by atoms with Crippen LogP contribution in [-0.2, 0) is 4.79 Å². The minimum Gasteiger partial charge on any atom is -0.497 e. The average Bonchev–Trinajstić information content (AvgIpc) is 2.90. The summed E-state index contributed by atoms with van der Waals surface area (Å²) in [5, 5.41) is 6.15. The molecule has 2 aliphatic heterocycles. The molecule has 0 aliphatic carbocycles. The lowest BCUT2D eigenvalue weighted by atomic mass is 9.96. The number of methoxy groups -OCH3 is 1. The summed E-state index contributed by atoms with van der Waals surface area (Å²) in [6.45, 7) is 3.77. The third kappa shape index (κ3) is 6.29. The lowest BCUT2D eigenvalue weighted by molar-refractivity contribution is -0.126. The van der Waals surface area contributed by atoms with Crippen molar-refractivity contribution in [3.8, 4) is 5.75 Å². The SMILES string of the molecule is COc1ccc([C@@H](CNC(=O)[C@H]2CCCN(C(=O)Nc3ccccc3)C2)N2CCCCC2)cc1. The van der Waals surface area contributed by atoms with Crippen LogP contribution >= 0.6 is 0 Å². The van der Waals surface area contributed by atoms with E-state index in [2.05, 4.69) is 27.7 Å². The van der Waals surface area contributed by atoms with E-state index in [-0.39, 0.29) is 23.9 Å². The van der Waals surface area contributed by atoms with Crippen LogP contribution in [-0.4, -0.2) is 61.6 Å². The van der Waals surface area contributed by atoms with Crippen molar-refractivity contribution in [1.82, 2.24) is 15.1 Å². The molecule has 4 rings (SSSR count). The second-order valence-corrected chi connectivity index (χ2v) is 9.21. The number of carbonyl (C=O) groups is 2. The molecule has 0 spiro atoms. The number of likely N-dealkylation sites (tertiary alicyclic amines) is 2. The van der Waals surface area contributed by atoms with Gasteiger partial charge in [-0.2, -0.15) is 0 Å². The van der Waals surface area contributed by atoms with E-state index in [0.29, 0.717) is 19.6 Å². The molecular formula is C27H36N4O3. The smallest absolute Gasteiger partial charge is 0.321 e. The maximum Gasteiger partial charge on any atom is 0.321 e. The fourth-order valence-electron chi connectivity index (χ4n) is 4.96. The van der Waals surface area contributed by atoms with E-state index in [1.165, 1.54) is 24.8 Å². The van der Waals surface area contributed by atoms with Crippen molar-refractivity contribution in [3.05, 3.63) is 60.2 Å². The van der Waals surface area contributed by atoms with E-state index in [9.17, 15) is 9.59 Å². The van der Waals surface area contributed by atoms with Crippen molar-refractivity contribution < 1.29 is 14.3 Å². The van der Waals surface area contributed by atoms with Crippen molar-refractivity contribution in [2.75, 3.05) is 45.2 Å². The highest BCUT2D eigenvalue weighted by molar-refractivity contribution is 5.90. The second-order valence-electron chi connectivity index (χ2n) is 9.21. The van der Waals surface area contributed by atoms with Gasteiger partial charge in [0.25, 0.3) is 0 Å². The minimum absolute atomic E-state index is 0.0349. The third-order valence-electron chi connectivity index (χ3n) is 6.91. The summed E-state index contributed by atoms with van der Waals surface area (Å²) in [6, 6.07) is 17.6. The Morgan fingerprint density at radius 1 is 0.971 bits per heavy atom. The van der Waals surface area contributed by atoms with Crippen molar-refractivity contribution in [1.29, 1.82) is 0 Å². The molecule has 0 radical (unpaired) electrons. The number of ether oxygens (including phenoxy) is 1. The van der Waals surface area contributed by atoms with Gasteiger partial charge in [-0.1, -0.05) is 36.8 Å². The molecule has 2 saturated heterocycles. The fourth-order valence-corrected chi connectivity index (χ4v) is 4.96. The Labute approximate surface area is 202 Å². The first-order valence-electron chi connectivity index (χ1n) is 12.4. The normalized spacial score (nSPS) is 19.8. The van der Waals surface area contributed by atoms with E-state index in [0.717, 1.165) is 37.4 Å². The highest BCUT2D eigenvalue weighted by Crippen LogP contribution is 2.26. The summed E-state index contributed by atoms with van der Waals surface area (Å²) >= 11 is 0. The lowest BCUT2D eigenvalue weighted by Crippen LogP contribution is -2.48. The molecule has 2 atom stereocenters. The number of para-hydroxylation sites is 1. The quantitative estimate of drug-likeness (QED) is 0.641. The molecule has 0 unspecified atom stereocenters. The summed E-state index contributed by atoms with van der Waals surface area (Å²) in [7, 11) is 1.67. The standard InChI is InChI=1S/C27H36N4O3/c1-34-24-14-12-21(13-15-24)25(30-16-6-3-7-17-30)19-28-26(32)22-9-8-18-31(20-22)27(33)29-23-10-4-2-5-11-23/h2,4-5,10-15,22,25H,3,6-9,16-20H2,1H3,(H,28,32)(H,29,33)/t22-,25+/m0/s1. The lowest BCUT2D eigenvalue weighted by Gasteiger charge is -2.36. The zero-order chi connectivity index (χ0) is 23.8. The van der Waals surface area contributed by atoms with Crippen LogP contribution in [0.1, 0.15) is 43.7 Å². The molecule has 0 bridgehead atoms. The Morgan fingerprint density at radius 2 is 1.71 bits per heavy atom. The maximum absolute atomic E-state index is 13.1. The summed E-state index contributed by atoms with van der Waals surface area (Å²) in [4.78, 5) is 30.1. The molecule has 7 nitrogen and oxygen atoms in total. The molecule has 2 aromatic carbocycles. The first-order chi connectivity index (χ1) is 16.6. The zero-order valence-electron chi connectivity index (χ0n) is 20.0. The van der Waals surface area contributed by atoms with Crippen LogP contribution in [0.5, 0.6) is 5.75 Å². The van der Waals surface area contributed by atoms with Crippen LogP contribution in [0.4, 0.5) is 10.5 Å². The van der Waals surface area contributed by atoms with Crippen molar-refractivity contribution in [2.24, 2.45) is 5.92 Å². The van der Waals surface area contributed by atoms with Gasteiger partial charge in [-0.15, -0.1) is 0 Å². The van der Waals surface area contributed by atoms with E-state index in [1.54, 1.807) is 12.0 Å². The molecule has 7 heteroatoms. The van der Waals surface area contributed by atoms with Crippen LogP contribution in [0.25, 0.3) is 0 Å². The largest absolute Gasteiger partial charge is 0.497 e. The topological polar surface area (TPSA) is 73.9 Å². The maximum atomic E-state index is 13.1. The van der Waals surface area contributed by atoms with E-state index >= 15 is 0 Å². The summed E-state index contributed by atoms with van der Waals surface area (Å²) in [5.41, 5.74) is 1.96. The van der Waals surface area contributed by atoms with Gasteiger partial charge in [0.2, 0.25) is 5.91 Å². The number of piperidine rings is 2. The molecule has 3 amide bonds. The number of nitrogens with one attached hydrogen (secondary N) is 2. The van der Waals surface area contributed by atoms with Gasteiger partial charge in [-0.3, -0.25) is 9.69 Å². The molecule has 182 valence electrons. The number of amides is 3. The Bertz CT molecular complexity index is 929. The van der Waals surface area contributed by atoms with Crippen molar-refractivity contribution in [3.63, 3.8) is 0 Å². The number of nitrogens with zero attached hydrogens (tertiary/aromatic N) is 2. The van der Waals surface area contributed by atoms with Gasteiger partial charge >= 0.3 is 6.03 Å². The van der Waals surface area contributed by atoms with Crippen LogP contribution < -0.4 is 15.4 Å². The number of benzene rings is 2. The number of hydrogen-bond donors (Lipinski definition) is 2. The van der Waals surface area contributed by atoms with Crippen LogP contribution in [0.3, 0.4) is 0 Å². The number of urea groups is 1. The predicted molar refractivity (Wildman–Crippen MR) is 134 cm³/mol. The van der Waals surface area contributed by atoms with E-state index in [4.69, 9.17) is 4.74 Å². The van der Waals surface area contributed by atoms with Crippen molar-refractivity contribution in [2.45, 2.75) is 38.1 Å². The molecule has 0 saturated carbocycles. The van der Waals surface area contributed by atoms with Crippen LogP contribution in [0.15, 0.2) is 54.6 Å². The minimum atomic E-state index is -0.187. The van der Waals surface area contributed by atoms with Gasteiger partial charge in [0.1, 0.15) is 5.75 Å². The Balaban J connectivity index is 1.36. The van der Waals surface area contributed by atoms with Crippen LogP contribution in [0.2, 0.25) is 0 Å². The zero-order valence-corrected chi connectivity index (χ0v) is 20.0. The molecule has 0 aromatic heterocycles. The molecule has 2 aromatic rings. The number of carbonyl (C=O) groups excluding carboxylic acids is 2. The van der Waals surface area contributed by atoms with Crippen LogP contribution in [0, 0.1) is 5.92 Å². The van der Waals surface area contributed by atoms with Crippen molar-refractivity contribution >= 4 is 17.6 Å². The highest BCUT2D eigenvalue weighted by Gasteiger charge is 2.30. The molecule has 34 heavy (non-hydrogen) atoms. The first kappa shape index (κ1) is 24.1. The monoisotopic (exact) mass is 464 g/mol.